The first-order valence-electron chi connectivity index (χ1n) is 11.2. The van der Waals surface area contributed by atoms with Gasteiger partial charge in [0, 0.05) is 75.1 Å². The van der Waals surface area contributed by atoms with Crippen molar-refractivity contribution in [1.29, 1.82) is 0 Å². The number of aromatic nitrogens is 3. The highest BCUT2D eigenvalue weighted by Gasteiger charge is 2.29. The number of halogens is 1. The molecule has 2 N–H and O–H groups in total. The number of anilines is 2. The molecular weight excluding hydrogens is 449 g/mol. The van der Waals surface area contributed by atoms with Gasteiger partial charge in [0.15, 0.2) is 0 Å². The summed E-state index contributed by atoms with van der Waals surface area (Å²) >= 11 is 0. The molecule has 1 aliphatic rings. The number of hydrogen-bond donors (Lipinski definition) is 2. The minimum atomic E-state index is -1.28. The summed E-state index contributed by atoms with van der Waals surface area (Å²) in [6.07, 6.45) is 5.29. The van der Waals surface area contributed by atoms with Crippen molar-refractivity contribution in [3.8, 4) is 22.3 Å². The summed E-state index contributed by atoms with van der Waals surface area (Å²) in [4.78, 5) is 35.8. The summed E-state index contributed by atoms with van der Waals surface area (Å²) in [6.45, 7) is 2.32. The second-order valence-corrected chi connectivity index (χ2v) is 8.70. The number of fused-ring (bicyclic) bond motifs is 4. The van der Waals surface area contributed by atoms with Gasteiger partial charge in [-0.3, -0.25) is 9.78 Å². The molecule has 3 heterocycles. The van der Waals surface area contributed by atoms with Crippen molar-refractivity contribution in [3.05, 3.63) is 69.7 Å². The molecule has 0 amide bonds. The lowest BCUT2D eigenvalue weighted by Gasteiger charge is -2.22. The molecule has 0 radical (unpaired) electrons. The summed E-state index contributed by atoms with van der Waals surface area (Å²) in [5.41, 5.74) is 5.84. The van der Waals surface area contributed by atoms with E-state index in [0.29, 0.717) is 24.2 Å². The van der Waals surface area contributed by atoms with Crippen LogP contribution in [0, 0.1) is 5.82 Å². The first-order valence-corrected chi connectivity index (χ1v) is 11.2. The van der Waals surface area contributed by atoms with Gasteiger partial charge in [0.2, 0.25) is 5.43 Å². The van der Waals surface area contributed by atoms with Crippen LogP contribution in [0.3, 0.4) is 0 Å². The minimum Gasteiger partial charge on any atom is -0.477 e. The first kappa shape index (κ1) is 22.5. The molecule has 35 heavy (non-hydrogen) atoms. The van der Waals surface area contributed by atoms with Gasteiger partial charge >= 0.3 is 5.97 Å². The molecule has 1 aromatic carbocycles. The van der Waals surface area contributed by atoms with Gasteiger partial charge in [0.25, 0.3) is 0 Å². The lowest BCUT2D eigenvalue weighted by molar-refractivity contribution is 0.0695. The highest BCUT2D eigenvalue weighted by atomic mass is 19.1. The third-order valence-electron chi connectivity index (χ3n) is 6.47. The number of carboxylic acids is 1. The van der Waals surface area contributed by atoms with Gasteiger partial charge in [-0.15, -0.1) is 0 Å². The van der Waals surface area contributed by atoms with E-state index in [9.17, 15) is 19.1 Å². The number of nitrogens with one attached hydrogen (secondary N) is 1. The summed E-state index contributed by atoms with van der Waals surface area (Å²) in [6, 6.07) is 4.67. The van der Waals surface area contributed by atoms with Crippen molar-refractivity contribution < 1.29 is 14.3 Å². The number of carbonyl (C=O) groups is 1. The molecule has 0 saturated heterocycles. The first-order chi connectivity index (χ1) is 16.7. The van der Waals surface area contributed by atoms with Crippen molar-refractivity contribution in [2.75, 3.05) is 31.4 Å². The average molecular weight is 474 g/mol. The monoisotopic (exact) mass is 473 g/mol. The Labute approximate surface area is 200 Å². The van der Waals surface area contributed by atoms with Crippen molar-refractivity contribution in [2.45, 2.75) is 19.9 Å². The number of benzene rings is 1. The Morgan fingerprint density at radius 2 is 1.97 bits per heavy atom. The van der Waals surface area contributed by atoms with Crippen molar-refractivity contribution in [2.24, 2.45) is 0 Å². The predicted molar refractivity (Wildman–Crippen MR) is 134 cm³/mol. The van der Waals surface area contributed by atoms with E-state index >= 15 is 0 Å². The van der Waals surface area contributed by atoms with E-state index in [2.05, 4.69) is 10.3 Å². The number of hydrogen-bond acceptors (Lipinski definition) is 6. The predicted octanol–water partition coefficient (Wildman–Crippen LogP) is 3.99. The third kappa shape index (κ3) is 3.42. The maximum atomic E-state index is 14.5. The summed E-state index contributed by atoms with van der Waals surface area (Å²) in [5, 5.41) is 12.8. The Morgan fingerprint density at radius 1 is 1.20 bits per heavy atom. The molecule has 3 aromatic heterocycles. The molecule has 0 bridgehead atoms. The quantitative estimate of drug-likeness (QED) is 0.398. The Morgan fingerprint density at radius 3 is 2.63 bits per heavy atom. The van der Waals surface area contributed by atoms with Crippen LogP contribution < -0.4 is 15.6 Å². The van der Waals surface area contributed by atoms with Crippen molar-refractivity contribution in [3.63, 3.8) is 0 Å². The molecule has 178 valence electrons. The molecule has 1 aliphatic carbocycles. The van der Waals surface area contributed by atoms with Crippen LogP contribution >= 0.6 is 0 Å². The second-order valence-electron chi connectivity index (χ2n) is 8.70. The highest BCUT2D eigenvalue weighted by molar-refractivity contribution is 5.98. The van der Waals surface area contributed by atoms with Gasteiger partial charge in [-0.1, -0.05) is 0 Å². The number of rotatable bonds is 5. The molecule has 0 saturated carbocycles. The van der Waals surface area contributed by atoms with Crippen LogP contribution in [0.25, 0.3) is 33.3 Å². The van der Waals surface area contributed by atoms with Crippen LogP contribution in [0.4, 0.5) is 15.8 Å². The fourth-order valence-corrected chi connectivity index (χ4v) is 4.89. The Balaban J connectivity index is 1.80. The van der Waals surface area contributed by atoms with Crippen LogP contribution in [0.2, 0.25) is 0 Å². The molecule has 0 spiro atoms. The Bertz CT molecular complexity index is 1590. The van der Waals surface area contributed by atoms with Gasteiger partial charge in [-0.2, -0.15) is 0 Å². The Hall–Kier alpha value is -4.27. The van der Waals surface area contributed by atoms with Crippen LogP contribution in [0.1, 0.15) is 28.5 Å². The molecule has 0 aliphatic heterocycles. The fourth-order valence-electron chi connectivity index (χ4n) is 4.89. The lowest BCUT2D eigenvalue weighted by Crippen LogP contribution is -2.19. The summed E-state index contributed by atoms with van der Waals surface area (Å²) < 4.78 is 16.1. The van der Waals surface area contributed by atoms with Gasteiger partial charge < -0.3 is 19.9 Å². The van der Waals surface area contributed by atoms with E-state index in [0.717, 1.165) is 39.3 Å². The number of nitrogens with zero attached hydrogens (tertiary/aromatic N) is 4. The zero-order valence-corrected chi connectivity index (χ0v) is 19.8. The zero-order valence-electron chi connectivity index (χ0n) is 19.8. The maximum absolute atomic E-state index is 14.5. The maximum Gasteiger partial charge on any atom is 0.341 e. The van der Waals surface area contributed by atoms with Crippen molar-refractivity contribution in [1.82, 2.24) is 14.5 Å². The molecule has 4 aromatic rings. The zero-order chi connectivity index (χ0) is 25.0. The van der Waals surface area contributed by atoms with Crippen LogP contribution in [0.15, 0.2) is 41.6 Å². The third-order valence-corrected chi connectivity index (χ3v) is 6.47. The summed E-state index contributed by atoms with van der Waals surface area (Å²) in [5.74, 6) is -1.62. The number of aromatic carboxylic acids is 1. The van der Waals surface area contributed by atoms with E-state index in [1.807, 2.05) is 25.9 Å². The van der Waals surface area contributed by atoms with Gasteiger partial charge in [0.1, 0.15) is 17.0 Å². The minimum absolute atomic E-state index is 0.221. The standard InChI is InChI=1S/C26H24FN5O3/c1-5-32-12-19(26(34)35)24(33)17-6-13(10-30-25(17)32)18-11-29-21-9-15-16(22(21)23(18)31(3)4)7-14(27)8-20(15)28-2/h6-8,10-12,28H,5,9H2,1-4H3,(H,34,35). The van der Waals surface area contributed by atoms with Gasteiger partial charge in [0.05, 0.1) is 16.8 Å². The molecule has 8 nitrogen and oxygen atoms in total. The van der Waals surface area contributed by atoms with E-state index in [1.54, 1.807) is 30.1 Å². The van der Waals surface area contributed by atoms with E-state index in [1.165, 1.54) is 18.3 Å². The second kappa shape index (κ2) is 8.19. The molecule has 0 fully saturated rings. The summed E-state index contributed by atoms with van der Waals surface area (Å²) in [7, 11) is 5.56. The largest absolute Gasteiger partial charge is 0.477 e. The molecule has 5 rings (SSSR count). The van der Waals surface area contributed by atoms with Crippen LogP contribution in [-0.4, -0.2) is 46.8 Å². The molecule has 9 heteroatoms. The van der Waals surface area contributed by atoms with Crippen LogP contribution in [0.5, 0.6) is 0 Å². The number of aryl methyl sites for hydroxylation is 1. The smallest absolute Gasteiger partial charge is 0.341 e. The normalized spacial score (nSPS) is 11.9. The lowest BCUT2D eigenvalue weighted by atomic mass is 9.98. The Kier molecular flexibility index (Phi) is 5.27. The average Bonchev–Trinajstić information content (AvgIpc) is 3.21. The van der Waals surface area contributed by atoms with Gasteiger partial charge in [-0.25, -0.2) is 14.2 Å². The van der Waals surface area contributed by atoms with Crippen molar-refractivity contribution >= 4 is 28.4 Å². The SMILES string of the molecule is CCn1cc(C(=O)O)c(=O)c2cc(-c3cnc4c(c3N(C)C)-c3cc(F)cc(NC)c3C4)cnc21. The topological polar surface area (TPSA) is 100 Å². The van der Waals surface area contributed by atoms with Gasteiger partial charge in [-0.05, 0) is 36.2 Å². The number of carboxylic acid groups (broad SMARTS) is 1. The highest BCUT2D eigenvalue weighted by Crippen LogP contribution is 2.48. The molecule has 0 unspecified atom stereocenters. The van der Waals surface area contributed by atoms with Crippen LogP contribution in [-0.2, 0) is 13.0 Å². The molecule has 0 atom stereocenters. The molecular formula is C26H24FN5O3. The number of pyridine rings is 3. The van der Waals surface area contributed by atoms with E-state index in [4.69, 9.17) is 4.98 Å². The van der Waals surface area contributed by atoms with E-state index in [-0.39, 0.29) is 16.8 Å². The fraction of sp³-hybridized carbons (Fsp3) is 0.231. The van der Waals surface area contributed by atoms with E-state index < -0.39 is 11.4 Å².